The molecule has 0 saturated heterocycles. The van der Waals surface area contributed by atoms with Crippen molar-refractivity contribution < 1.29 is 5.11 Å². The summed E-state index contributed by atoms with van der Waals surface area (Å²) in [5.74, 6) is 2.22. The van der Waals surface area contributed by atoms with Gasteiger partial charge in [0.05, 0.1) is 6.10 Å². The molecular formula is C16H34O. The van der Waals surface area contributed by atoms with E-state index in [2.05, 4.69) is 27.7 Å². The summed E-state index contributed by atoms with van der Waals surface area (Å²) in [7, 11) is 0. The summed E-state index contributed by atoms with van der Waals surface area (Å²) < 4.78 is 0. The Bertz CT molecular complexity index is 165. The van der Waals surface area contributed by atoms with Crippen LogP contribution in [0.3, 0.4) is 0 Å². The molecule has 0 aliphatic carbocycles. The molecule has 0 spiro atoms. The first-order valence-corrected chi connectivity index (χ1v) is 7.65. The Balaban J connectivity index is 3.43. The van der Waals surface area contributed by atoms with Crippen molar-refractivity contribution in [3.05, 3.63) is 0 Å². The quantitative estimate of drug-likeness (QED) is 0.570. The molecule has 0 aliphatic rings. The van der Waals surface area contributed by atoms with E-state index in [1.54, 1.807) is 0 Å². The van der Waals surface area contributed by atoms with E-state index in [1.165, 1.54) is 44.9 Å². The number of aliphatic hydroxyl groups excluding tert-OH is 1. The summed E-state index contributed by atoms with van der Waals surface area (Å²) in [5.41, 5.74) is 0. The normalized spacial score (nSPS) is 18.7. The van der Waals surface area contributed by atoms with Crippen LogP contribution in [-0.2, 0) is 0 Å². The topological polar surface area (TPSA) is 20.2 Å². The molecule has 2 unspecified atom stereocenters. The monoisotopic (exact) mass is 242 g/mol. The summed E-state index contributed by atoms with van der Waals surface area (Å²) >= 11 is 0. The van der Waals surface area contributed by atoms with Crippen molar-refractivity contribution in [1.82, 2.24) is 0 Å². The van der Waals surface area contributed by atoms with Crippen LogP contribution in [0.1, 0.15) is 79.6 Å². The zero-order chi connectivity index (χ0) is 13.3. The average molecular weight is 242 g/mol. The van der Waals surface area contributed by atoms with Gasteiger partial charge in [0.2, 0.25) is 0 Å². The lowest BCUT2D eigenvalue weighted by Gasteiger charge is -2.16. The Hall–Kier alpha value is -0.0400. The van der Waals surface area contributed by atoms with Gasteiger partial charge in [-0.25, -0.2) is 0 Å². The van der Waals surface area contributed by atoms with E-state index in [0.717, 1.165) is 11.8 Å². The van der Waals surface area contributed by atoms with Crippen molar-refractivity contribution in [3.63, 3.8) is 0 Å². The highest BCUT2D eigenvalue weighted by molar-refractivity contribution is 4.62. The van der Waals surface area contributed by atoms with Crippen molar-refractivity contribution in [2.24, 2.45) is 17.8 Å². The Kier molecular flexibility index (Phi) is 9.91. The smallest absolute Gasteiger partial charge is 0.0537 e. The molecule has 0 aromatic carbocycles. The zero-order valence-corrected chi connectivity index (χ0v) is 12.7. The third kappa shape index (κ3) is 9.64. The molecule has 0 aliphatic heterocycles. The second-order valence-electron chi connectivity index (χ2n) is 6.20. The molecule has 0 heterocycles. The largest absolute Gasteiger partial charge is 0.393 e. The van der Waals surface area contributed by atoms with E-state index in [0.29, 0.717) is 5.92 Å². The number of hydrogen-bond donors (Lipinski definition) is 1. The van der Waals surface area contributed by atoms with Gasteiger partial charge in [-0.1, -0.05) is 66.2 Å². The Morgan fingerprint density at radius 3 is 1.71 bits per heavy atom. The van der Waals surface area contributed by atoms with Crippen LogP contribution in [0.25, 0.3) is 0 Å². The van der Waals surface area contributed by atoms with Gasteiger partial charge >= 0.3 is 0 Å². The summed E-state index contributed by atoms with van der Waals surface area (Å²) in [5, 5.41) is 9.42. The summed E-state index contributed by atoms with van der Waals surface area (Å²) in [6.45, 7) is 11.1. The highest BCUT2D eigenvalue weighted by atomic mass is 16.3. The van der Waals surface area contributed by atoms with E-state index >= 15 is 0 Å². The maximum atomic E-state index is 9.42. The number of hydrogen-bond acceptors (Lipinski definition) is 1. The predicted molar refractivity (Wildman–Crippen MR) is 77.2 cm³/mol. The van der Waals surface area contributed by atoms with Gasteiger partial charge in [-0.05, 0) is 31.1 Å². The molecule has 0 bridgehead atoms. The van der Waals surface area contributed by atoms with Crippen LogP contribution in [0.4, 0.5) is 0 Å². The van der Waals surface area contributed by atoms with Crippen LogP contribution in [0.15, 0.2) is 0 Å². The minimum Gasteiger partial charge on any atom is -0.393 e. The molecule has 0 aromatic rings. The lowest BCUT2D eigenvalue weighted by atomic mass is 9.91. The van der Waals surface area contributed by atoms with Crippen molar-refractivity contribution >= 4 is 0 Å². The van der Waals surface area contributed by atoms with E-state index in [4.69, 9.17) is 0 Å². The molecule has 0 aromatic heterocycles. The zero-order valence-electron chi connectivity index (χ0n) is 12.7. The third-order valence-electron chi connectivity index (χ3n) is 4.27. The fourth-order valence-corrected chi connectivity index (χ4v) is 2.19. The van der Waals surface area contributed by atoms with Gasteiger partial charge in [0.1, 0.15) is 0 Å². The molecular weight excluding hydrogens is 208 g/mol. The first-order chi connectivity index (χ1) is 7.97. The van der Waals surface area contributed by atoms with Crippen LogP contribution in [-0.4, -0.2) is 11.2 Å². The van der Waals surface area contributed by atoms with Gasteiger partial charge in [-0.15, -0.1) is 0 Å². The fourth-order valence-electron chi connectivity index (χ4n) is 2.19. The van der Waals surface area contributed by atoms with E-state index in [1.807, 2.05) is 6.92 Å². The predicted octanol–water partition coefficient (Wildman–Crippen LogP) is 5.03. The fraction of sp³-hybridized carbons (Fsp3) is 1.00. The molecule has 1 nitrogen and oxygen atoms in total. The van der Waals surface area contributed by atoms with Crippen molar-refractivity contribution in [2.75, 3.05) is 0 Å². The lowest BCUT2D eigenvalue weighted by Crippen LogP contribution is -2.13. The Morgan fingerprint density at radius 2 is 1.24 bits per heavy atom. The molecule has 0 saturated carbocycles. The van der Waals surface area contributed by atoms with Gasteiger partial charge in [0, 0.05) is 0 Å². The van der Waals surface area contributed by atoms with Gasteiger partial charge < -0.3 is 5.11 Å². The second kappa shape index (κ2) is 9.94. The molecule has 104 valence electrons. The molecule has 4 atom stereocenters. The molecule has 17 heavy (non-hydrogen) atoms. The standard InChI is InChI=1S/C16H34O/c1-6-13(2)9-7-10-14(3)11-8-12-15(4)16(5)17/h13-17H,6-12H2,1-5H3/t13?,14?,15-,16-/m1/s1. The molecule has 1 N–H and O–H groups in total. The molecule has 1 heteroatoms. The van der Waals surface area contributed by atoms with Crippen LogP contribution < -0.4 is 0 Å². The van der Waals surface area contributed by atoms with Crippen molar-refractivity contribution in [2.45, 2.75) is 85.7 Å². The maximum absolute atomic E-state index is 9.42. The molecule has 0 radical (unpaired) electrons. The summed E-state index contributed by atoms with van der Waals surface area (Å²) in [6, 6.07) is 0. The first kappa shape index (κ1) is 17.0. The summed E-state index contributed by atoms with van der Waals surface area (Å²) in [4.78, 5) is 0. The van der Waals surface area contributed by atoms with Crippen LogP contribution in [0, 0.1) is 17.8 Å². The van der Waals surface area contributed by atoms with Crippen LogP contribution >= 0.6 is 0 Å². The summed E-state index contributed by atoms with van der Waals surface area (Å²) in [6.07, 6.45) is 9.12. The number of rotatable bonds is 10. The third-order valence-corrected chi connectivity index (χ3v) is 4.27. The van der Waals surface area contributed by atoms with Crippen LogP contribution in [0.5, 0.6) is 0 Å². The molecule has 0 fully saturated rings. The highest BCUT2D eigenvalue weighted by Crippen LogP contribution is 2.20. The molecule has 0 rings (SSSR count). The van der Waals surface area contributed by atoms with Gasteiger partial charge in [0.25, 0.3) is 0 Å². The average Bonchev–Trinajstić information content (AvgIpc) is 2.28. The highest BCUT2D eigenvalue weighted by Gasteiger charge is 2.09. The number of aliphatic hydroxyl groups is 1. The SMILES string of the molecule is CCC(C)CCCC(C)CCC[C@@H](C)[C@@H](C)O. The van der Waals surface area contributed by atoms with E-state index in [9.17, 15) is 5.11 Å². The van der Waals surface area contributed by atoms with Crippen LogP contribution in [0.2, 0.25) is 0 Å². The van der Waals surface area contributed by atoms with E-state index in [-0.39, 0.29) is 6.10 Å². The maximum Gasteiger partial charge on any atom is 0.0537 e. The lowest BCUT2D eigenvalue weighted by molar-refractivity contribution is 0.127. The Morgan fingerprint density at radius 1 is 0.765 bits per heavy atom. The van der Waals surface area contributed by atoms with Gasteiger partial charge in [-0.3, -0.25) is 0 Å². The first-order valence-electron chi connectivity index (χ1n) is 7.65. The van der Waals surface area contributed by atoms with Crippen molar-refractivity contribution in [3.8, 4) is 0 Å². The minimum atomic E-state index is -0.143. The van der Waals surface area contributed by atoms with Crippen molar-refractivity contribution in [1.29, 1.82) is 0 Å². The van der Waals surface area contributed by atoms with Gasteiger partial charge in [0.15, 0.2) is 0 Å². The van der Waals surface area contributed by atoms with E-state index < -0.39 is 0 Å². The molecule has 0 amide bonds. The van der Waals surface area contributed by atoms with Gasteiger partial charge in [-0.2, -0.15) is 0 Å². The Labute approximate surface area is 109 Å². The second-order valence-corrected chi connectivity index (χ2v) is 6.20. The minimum absolute atomic E-state index is 0.143.